The maximum atomic E-state index is 12.5. The van der Waals surface area contributed by atoms with E-state index in [1.807, 2.05) is 97.1 Å². The van der Waals surface area contributed by atoms with Crippen LogP contribution in [0.1, 0.15) is 23.6 Å². The molecule has 0 aliphatic carbocycles. The largest absolute Gasteiger partial charge is 0.437 e. The molecule has 7 nitrogen and oxygen atoms in total. The van der Waals surface area contributed by atoms with Crippen LogP contribution in [0.4, 0.5) is 11.5 Å². The summed E-state index contributed by atoms with van der Waals surface area (Å²) in [6.07, 6.45) is 3.15. The molecular formula is C37H32N4O3. The molecule has 6 aromatic rings. The summed E-state index contributed by atoms with van der Waals surface area (Å²) in [5.41, 5.74) is 7.16. The Kier molecular flexibility index (Phi) is 8.55. The number of aromatic nitrogens is 2. The van der Waals surface area contributed by atoms with Crippen molar-refractivity contribution in [1.29, 1.82) is 0 Å². The highest BCUT2D eigenvalue weighted by Gasteiger charge is 2.22. The van der Waals surface area contributed by atoms with Crippen LogP contribution in [0.2, 0.25) is 0 Å². The van der Waals surface area contributed by atoms with Gasteiger partial charge in [-0.15, -0.1) is 0 Å². The Hall–Kier alpha value is -5.56. The van der Waals surface area contributed by atoms with E-state index in [1.54, 1.807) is 0 Å². The lowest BCUT2D eigenvalue weighted by Gasteiger charge is -2.10. The minimum absolute atomic E-state index is 0.123. The van der Waals surface area contributed by atoms with Crippen molar-refractivity contribution in [1.82, 2.24) is 9.97 Å². The van der Waals surface area contributed by atoms with Crippen molar-refractivity contribution >= 4 is 34.3 Å². The van der Waals surface area contributed by atoms with Gasteiger partial charge in [-0.25, -0.2) is 9.97 Å². The quantitative estimate of drug-likeness (QED) is 0.164. The van der Waals surface area contributed by atoms with Crippen LogP contribution in [0.3, 0.4) is 0 Å². The van der Waals surface area contributed by atoms with Crippen LogP contribution in [-0.2, 0) is 28.9 Å². The van der Waals surface area contributed by atoms with Gasteiger partial charge >= 0.3 is 0 Å². The van der Waals surface area contributed by atoms with Crippen LogP contribution in [-0.4, -0.2) is 28.2 Å². The van der Waals surface area contributed by atoms with Crippen molar-refractivity contribution in [2.75, 3.05) is 17.2 Å². The molecule has 6 rings (SSSR count). The van der Waals surface area contributed by atoms with Gasteiger partial charge in [0.05, 0.1) is 5.39 Å². The summed E-state index contributed by atoms with van der Waals surface area (Å²) in [7, 11) is 0. The number of nitrogens with one attached hydrogen (secondary N) is 2. The SMILES string of the molecule is CC(=O)Nc1ccc(-c2c(-c3ccccc3)oc3ncnc(NCCc4ccc(CC(=O)Cc5ccccc5)cc4)c23)cc1. The number of hydrogen-bond donors (Lipinski definition) is 2. The van der Waals surface area contributed by atoms with Gasteiger partial charge in [0.2, 0.25) is 11.6 Å². The predicted octanol–water partition coefficient (Wildman–Crippen LogP) is 7.52. The molecule has 0 aliphatic rings. The first kappa shape index (κ1) is 28.6. The molecule has 218 valence electrons. The molecule has 0 saturated carbocycles. The second-order valence-electron chi connectivity index (χ2n) is 10.7. The molecule has 0 spiro atoms. The highest BCUT2D eigenvalue weighted by Crippen LogP contribution is 2.42. The zero-order chi connectivity index (χ0) is 30.3. The second kappa shape index (κ2) is 13.2. The highest BCUT2D eigenvalue weighted by atomic mass is 16.3. The summed E-state index contributed by atoms with van der Waals surface area (Å²) in [4.78, 5) is 33.1. The molecule has 2 aromatic heterocycles. The summed E-state index contributed by atoms with van der Waals surface area (Å²) in [5.74, 6) is 1.47. The van der Waals surface area contributed by atoms with Gasteiger partial charge in [0, 0.05) is 43.1 Å². The minimum atomic E-state index is -0.123. The van der Waals surface area contributed by atoms with Crippen molar-refractivity contribution in [3.63, 3.8) is 0 Å². The van der Waals surface area contributed by atoms with Crippen LogP contribution >= 0.6 is 0 Å². The Labute approximate surface area is 256 Å². The molecule has 4 aromatic carbocycles. The summed E-state index contributed by atoms with van der Waals surface area (Å²) < 4.78 is 6.33. The zero-order valence-electron chi connectivity index (χ0n) is 24.4. The van der Waals surface area contributed by atoms with E-state index in [0.717, 1.165) is 50.9 Å². The van der Waals surface area contributed by atoms with Crippen LogP contribution in [0, 0.1) is 0 Å². The molecule has 2 N–H and O–H groups in total. The molecule has 44 heavy (non-hydrogen) atoms. The predicted molar refractivity (Wildman–Crippen MR) is 174 cm³/mol. The van der Waals surface area contributed by atoms with Gasteiger partial charge in [-0.2, -0.15) is 0 Å². The first-order valence-corrected chi connectivity index (χ1v) is 14.6. The summed E-state index contributed by atoms with van der Waals surface area (Å²) in [6, 6.07) is 35.7. The van der Waals surface area contributed by atoms with Crippen molar-refractivity contribution in [2.24, 2.45) is 0 Å². The van der Waals surface area contributed by atoms with Gasteiger partial charge in [0.1, 0.15) is 23.7 Å². The second-order valence-corrected chi connectivity index (χ2v) is 10.7. The van der Waals surface area contributed by atoms with Crippen molar-refractivity contribution in [3.05, 3.63) is 132 Å². The number of fused-ring (bicyclic) bond motifs is 1. The Morgan fingerprint density at radius 2 is 1.34 bits per heavy atom. The van der Waals surface area contributed by atoms with Crippen molar-refractivity contribution < 1.29 is 14.0 Å². The van der Waals surface area contributed by atoms with Gasteiger partial charge in [0.25, 0.3) is 0 Å². The number of Topliss-reactive ketones (excluding diaryl/α,β-unsaturated/α-hetero) is 1. The van der Waals surface area contributed by atoms with Crippen LogP contribution in [0.15, 0.2) is 120 Å². The third kappa shape index (κ3) is 6.73. The maximum absolute atomic E-state index is 12.5. The average molecular weight is 581 g/mol. The van der Waals surface area contributed by atoms with E-state index >= 15 is 0 Å². The lowest BCUT2D eigenvalue weighted by atomic mass is 9.99. The van der Waals surface area contributed by atoms with Crippen LogP contribution in [0.5, 0.6) is 0 Å². The number of carbonyl (C=O) groups is 2. The first-order chi connectivity index (χ1) is 21.5. The molecule has 0 aliphatic heterocycles. The summed E-state index contributed by atoms with van der Waals surface area (Å²) in [6.45, 7) is 2.13. The fourth-order valence-corrected chi connectivity index (χ4v) is 5.32. The lowest BCUT2D eigenvalue weighted by Crippen LogP contribution is -2.08. The molecule has 0 atom stereocenters. The normalized spacial score (nSPS) is 10.9. The number of nitrogens with zero attached hydrogens (tertiary/aromatic N) is 2. The fourth-order valence-electron chi connectivity index (χ4n) is 5.32. The highest BCUT2D eigenvalue weighted by molar-refractivity contribution is 6.06. The van der Waals surface area contributed by atoms with Gasteiger partial charge in [0.15, 0.2) is 0 Å². The molecule has 0 radical (unpaired) electrons. The Bertz CT molecular complexity index is 1880. The van der Waals surface area contributed by atoms with Crippen molar-refractivity contribution in [2.45, 2.75) is 26.2 Å². The van der Waals surface area contributed by atoms with E-state index in [4.69, 9.17) is 4.42 Å². The average Bonchev–Trinajstić information content (AvgIpc) is 3.43. The topological polar surface area (TPSA) is 97.1 Å². The van der Waals surface area contributed by atoms with E-state index in [1.165, 1.54) is 13.3 Å². The molecule has 0 unspecified atom stereocenters. The first-order valence-electron chi connectivity index (χ1n) is 14.6. The molecular weight excluding hydrogens is 548 g/mol. The summed E-state index contributed by atoms with van der Waals surface area (Å²) >= 11 is 0. The van der Waals surface area contributed by atoms with E-state index in [2.05, 4.69) is 32.7 Å². The third-order valence-electron chi connectivity index (χ3n) is 7.39. The number of amides is 1. The standard InChI is InChI=1S/C37H32N4O3/c1-25(42)41-31-18-16-29(17-19-31)33-34-36(39-24-40-37(34)44-35(33)30-10-6-3-7-11-30)38-21-20-26-12-14-28(15-13-26)23-32(43)22-27-8-4-2-5-9-27/h2-19,24H,20-23H2,1H3,(H,41,42)(H,38,39,40). The number of furan rings is 1. The number of ketones is 1. The minimum Gasteiger partial charge on any atom is -0.437 e. The van der Waals surface area contributed by atoms with E-state index in [-0.39, 0.29) is 11.7 Å². The monoisotopic (exact) mass is 580 g/mol. The number of rotatable bonds is 11. The van der Waals surface area contributed by atoms with E-state index in [0.29, 0.717) is 36.7 Å². The zero-order valence-corrected chi connectivity index (χ0v) is 24.4. The fraction of sp³-hybridized carbons (Fsp3) is 0.135. The molecule has 0 bridgehead atoms. The summed E-state index contributed by atoms with van der Waals surface area (Å²) in [5, 5.41) is 7.12. The van der Waals surface area contributed by atoms with Crippen molar-refractivity contribution in [3.8, 4) is 22.5 Å². The number of benzene rings is 4. The number of anilines is 2. The smallest absolute Gasteiger partial charge is 0.232 e. The Morgan fingerprint density at radius 3 is 2.02 bits per heavy atom. The molecule has 0 fully saturated rings. The van der Waals surface area contributed by atoms with Gasteiger partial charge < -0.3 is 15.1 Å². The van der Waals surface area contributed by atoms with Gasteiger partial charge in [-0.05, 0) is 40.8 Å². The number of hydrogen-bond acceptors (Lipinski definition) is 6. The lowest BCUT2D eigenvalue weighted by molar-refractivity contribution is -0.118. The molecule has 1 amide bonds. The molecule has 2 heterocycles. The molecule has 7 heteroatoms. The molecule has 0 saturated heterocycles. The van der Waals surface area contributed by atoms with Crippen LogP contribution in [0.25, 0.3) is 33.6 Å². The Morgan fingerprint density at radius 1 is 0.705 bits per heavy atom. The Balaban J connectivity index is 1.20. The number of carbonyl (C=O) groups excluding carboxylic acids is 2. The van der Waals surface area contributed by atoms with Gasteiger partial charge in [-0.3, -0.25) is 9.59 Å². The van der Waals surface area contributed by atoms with E-state index in [9.17, 15) is 9.59 Å². The van der Waals surface area contributed by atoms with Gasteiger partial charge in [-0.1, -0.05) is 97.1 Å². The van der Waals surface area contributed by atoms with Crippen LogP contribution < -0.4 is 10.6 Å². The third-order valence-corrected chi connectivity index (χ3v) is 7.39. The maximum Gasteiger partial charge on any atom is 0.232 e. The van der Waals surface area contributed by atoms with E-state index < -0.39 is 0 Å².